The maximum Gasteiger partial charge on any atom is 0.501 e. The number of benzene rings is 2. The number of carbonyl (C=O) groups excluding carboxylic acids is 2. The number of carbonyl (C=O) groups is 2. The van der Waals surface area contributed by atoms with E-state index in [1.807, 2.05) is 30.3 Å². The van der Waals surface area contributed by atoms with Gasteiger partial charge in [-0.1, -0.05) is 24.6 Å². The molecular weight excluding hydrogens is 533 g/mol. The minimum Gasteiger partial charge on any atom is -0.312 e. The number of hydrogen-bond acceptors (Lipinski definition) is 6. The summed E-state index contributed by atoms with van der Waals surface area (Å²) in [7, 11) is -5.58. The zero-order valence-corrected chi connectivity index (χ0v) is 22.1. The quantitative estimate of drug-likeness (QED) is 0.443. The molecule has 0 saturated carbocycles. The van der Waals surface area contributed by atoms with E-state index in [0.717, 1.165) is 71.4 Å². The van der Waals surface area contributed by atoms with Crippen LogP contribution >= 0.6 is 0 Å². The molecule has 2 aromatic carbocycles. The first-order chi connectivity index (χ1) is 18.4. The van der Waals surface area contributed by atoms with Crippen molar-refractivity contribution in [3.05, 3.63) is 66.4 Å². The Bertz CT molecular complexity index is 1530. The number of alkyl halides is 3. The molecular formula is C27H27F3N4O4S. The van der Waals surface area contributed by atoms with Gasteiger partial charge in [0, 0.05) is 17.6 Å². The third-order valence-electron chi connectivity index (χ3n) is 7.45. The van der Waals surface area contributed by atoms with Crippen LogP contribution in [-0.2, 0) is 14.6 Å². The van der Waals surface area contributed by atoms with Crippen molar-refractivity contribution >= 4 is 38.4 Å². The van der Waals surface area contributed by atoms with Gasteiger partial charge in [0.25, 0.3) is 15.7 Å². The first-order valence-electron chi connectivity index (χ1n) is 12.5. The van der Waals surface area contributed by atoms with Crippen LogP contribution in [0.5, 0.6) is 0 Å². The average Bonchev–Trinajstić information content (AvgIpc) is 3.08. The minimum absolute atomic E-state index is 0.0170. The van der Waals surface area contributed by atoms with Gasteiger partial charge in [-0.25, -0.2) is 18.1 Å². The van der Waals surface area contributed by atoms with Crippen molar-refractivity contribution in [2.75, 3.05) is 11.4 Å². The lowest BCUT2D eigenvalue weighted by molar-refractivity contribution is -0.124. The number of halogens is 3. The van der Waals surface area contributed by atoms with Crippen LogP contribution in [0.3, 0.4) is 0 Å². The van der Waals surface area contributed by atoms with Crippen LogP contribution in [0.25, 0.3) is 10.9 Å². The van der Waals surface area contributed by atoms with E-state index < -0.39 is 43.8 Å². The fourth-order valence-electron chi connectivity index (χ4n) is 5.47. The smallest absolute Gasteiger partial charge is 0.312 e. The lowest BCUT2D eigenvalue weighted by atomic mass is 9.87. The number of pyridine rings is 1. The highest BCUT2D eigenvalue weighted by Crippen LogP contribution is 2.43. The number of fused-ring (bicyclic) bond motifs is 1. The largest absolute Gasteiger partial charge is 0.501 e. The monoisotopic (exact) mass is 560 g/mol. The van der Waals surface area contributed by atoms with Gasteiger partial charge < -0.3 is 10.2 Å². The number of rotatable bonds is 5. The van der Waals surface area contributed by atoms with Crippen molar-refractivity contribution in [3.8, 4) is 0 Å². The topological polar surface area (TPSA) is 99.7 Å². The molecule has 5 rings (SSSR count). The SMILES string of the molecule is CC1(C)C(=O)N(c2ccc(S(=O)(=O)C(F)(F)F)cc2)C(=O)N1C(c1ccnc2ccccc12)C1CCCCN1. The highest BCUT2D eigenvalue weighted by atomic mass is 32.2. The number of amides is 3. The van der Waals surface area contributed by atoms with Gasteiger partial charge in [-0.15, -0.1) is 0 Å². The van der Waals surface area contributed by atoms with Crippen molar-refractivity contribution in [2.24, 2.45) is 0 Å². The van der Waals surface area contributed by atoms with Crippen molar-refractivity contribution < 1.29 is 31.2 Å². The van der Waals surface area contributed by atoms with Crippen molar-refractivity contribution in [3.63, 3.8) is 0 Å². The molecule has 2 unspecified atom stereocenters. The van der Waals surface area contributed by atoms with Gasteiger partial charge in [0.15, 0.2) is 0 Å². The summed E-state index contributed by atoms with van der Waals surface area (Å²) in [5.41, 5.74) is -5.24. The van der Waals surface area contributed by atoms with Crippen LogP contribution in [0.15, 0.2) is 65.7 Å². The van der Waals surface area contributed by atoms with Crippen molar-refractivity contribution in [1.29, 1.82) is 0 Å². The Morgan fingerprint density at radius 1 is 1.03 bits per heavy atom. The average molecular weight is 561 g/mol. The number of aromatic nitrogens is 1. The number of para-hydroxylation sites is 1. The second-order valence-corrected chi connectivity index (χ2v) is 12.2. The van der Waals surface area contributed by atoms with E-state index in [2.05, 4.69) is 10.3 Å². The molecule has 2 aliphatic heterocycles. The molecule has 2 fully saturated rings. The molecule has 0 aliphatic carbocycles. The lowest BCUT2D eigenvalue weighted by Crippen LogP contribution is -2.53. The maximum absolute atomic E-state index is 14.1. The van der Waals surface area contributed by atoms with Crippen LogP contribution in [0.1, 0.15) is 44.7 Å². The van der Waals surface area contributed by atoms with E-state index in [9.17, 15) is 31.2 Å². The Hall–Kier alpha value is -3.51. The zero-order chi connectivity index (χ0) is 28.2. The van der Waals surface area contributed by atoms with Crippen LogP contribution in [0, 0.1) is 0 Å². The number of sulfone groups is 1. The second kappa shape index (κ2) is 9.60. The highest BCUT2D eigenvalue weighted by Gasteiger charge is 2.56. The summed E-state index contributed by atoms with van der Waals surface area (Å²) in [6.07, 6.45) is 4.35. The Balaban J connectivity index is 1.60. The fourth-order valence-corrected chi connectivity index (χ4v) is 6.23. The summed E-state index contributed by atoms with van der Waals surface area (Å²) >= 11 is 0. The molecule has 39 heavy (non-hydrogen) atoms. The molecule has 206 valence electrons. The Kier molecular flexibility index (Phi) is 6.66. The van der Waals surface area contributed by atoms with Gasteiger partial charge in [0.05, 0.1) is 22.1 Å². The van der Waals surface area contributed by atoms with Gasteiger partial charge >= 0.3 is 11.5 Å². The van der Waals surface area contributed by atoms with Crippen LogP contribution in [-0.4, -0.2) is 53.9 Å². The summed E-state index contributed by atoms with van der Waals surface area (Å²) in [5, 5.41) is 4.35. The number of hydrogen-bond donors (Lipinski definition) is 1. The van der Waals surface area contributed by atoms with E-state index in [1.165, 1.54) is 4.90 Å². The predicted molar refractivity (Wildman–Crippen MR) is 139 cm³/mol. The number of piperidine rings is 1. The summed E-state index contributed by atoms with van der Waals surface area (Å²) in [5.74, 6) is -0.571. The van der Waals surface area contributed by atoms with Gasteiger partial charge in [0.1, 0.15) is 5.54 Å². The molecule has 2 saturated heterocycles. The summed E-state index contributed by atoms with van der Waals surface area (Å²) in [6, 6.07) is 11.6. The minimum atomic E-state index is -5.58. The molecule has 0 radical (unpaired) electrons. The number of anilines is 1. The van der Waals surface area contributed by atoms with Crippen molar-refractivity contribution in [1.82, 2.24) is 15.2 Å². The van der Waals surface area contributed by atoms with Crippen LogP contribution < -0.4 is 10.2 Å². The van der Waals surface area contributed by atoms with Gasteiger partial charge in [-0.3, -0.25) is 9.78 Å². The molecule has 1 aromatic heterocycles. The fraction of sp³-hybridized carbons (Fsp3) is 0.370. The summed E-state index contributed by atoms with van der Waals surface area (Å²) in [4.78, 5) is 33.7. The normalized spacial score (nSPS) is 21.0. The Morgan fingerprint density at radius 3 is 2.36 bits per heavy atom. The molecule has 3 aromatic rings. The predicted octanol–water partition coefficient (Wildman–Crippen LogP) is 4.96. The van der Waals surface area contributed by atoms with E-state index in [0.29, 0.717) is 0 Å². The zero-order valence-electron chi connectivity index (χ0n) is 21.3. The standard InChI is InChI=1S/C27H27F3N4O4S/c1-26(2)24(35)33(17-10-12-18(13-11-17)39(37,38)27(28,29)30)25(36)34(26)23(22-9-5-6-15-31-22)20-14-16-32-21-8-4-3-7-19(20)21/h3-4,7-8,10-14,16,22-23,31H,5-6,9,15H2,1-2H3. The molecule has 0 bridgehead atoms. The molecule has 0 spiro atoms. The van der Waals surface area contributed by atoms with E-state index in [1.54, 1.807) is 20.0 Å². The number of nitrogens with one attached hydrogen (secondary N) is 1. The number of urea groups is 1. The Morgan fingerprint density at radius 2 is 1.72 bits per heavy atom. The molecule has 8 nitrogen and oxygen atoms in total. The summed E-state index contributed by atoms with van der Waals surface area (Å²) in [6.45, 7) is 4.02. The Labute approximate surface area is 223 Å². The second-order valence-electron chi connectivity index (χ2n) is 10.2. The van der Waals surface area contributed by atoms with E-state index in [4.69, 9.17) is 0 Å². The van der Waals surface area contributed by atoms with Gasteiger partial charge in [-0.2, -0.15) is 13.2 Å². The van der Waals surface area contributed by atoms with E-state index in [-0.39, 0.29) is 11.7 Å². The number of imide groups is 1. The molecule has 2 aliphatic rings. The lowest BCUT2D eigenvalue weighted by Gasteiger charge is -2.42. The van der Waals surface area contributed by atoms with Gasteiger partial charge in [0.2, 0.25) is 0 Å². The molecule has 12 heteroatoms. The van der Waals surface area contributed by atoms with Gasteiger partial charge in [-0.05, 0) is 75.2 Å². The molecule has 2 atom stereocenters. The van der Waals surface area contributed by atoms with Crippen molar-refractivity contribution in [2.45, 2.75) is 61.1 Å². The number of nitrogens with zero attached hydrogens (tertiary/aromatic N) is 3. The first-order valence-corrected chi connectivity index (χ1v) is 14.0. The third-order valence-corrected chi connectivity index (χ3v) is 8.95. The van der Waals surface area contributed by atoms with Crippen LogP contribution in [0.4, 0.5) is 23.7 Å². The highest BCUT2D eigenvalue weighted by molar-refractivity contribution is 7.92. The molecule has 3 amide bonds. The first kappa shape index (κ1) is 27.1. The van der Waals surface area contributed by atoms with Crippen LogP contribution in [0.2, 0.25) is 0 Å². The molecule has 3 heterocycles. The third kappa shape index (κ3) is 4.45. The molecule has 1 N–H and O–H groups in total. The maximum atomic E-state index is 14.1. The van der Waals surface area contributed by atoms with E-state index >= 15 is 0 Å². The summed E-state index contributed by atoms with van der Waals surface area (Å²) < 4.78 is 62.6.